The predicted molar refractivity (Wildman–Crippen MR) is 74.1 cm³/mol. The summed E-state index contributed by atoms with van der Waals surface area (Å²) in [6.07, 6.45) is 0.674. The molecule has 1 aromatic carbocycles. The Hall–Kier alpha value is -1.11. The molecule has 0 radical (unpaired) electrons. The van der Waals surface area contributed by atoms with Crippen molar-refractivity contribution in [1.82, 2.24) is 4.72 Å². The number of rotatable bonds is 4. The van der Waals surface area contributed by atoms with Gasteiger partial charge in [-0.1, -0.05) is 0 Å². The van der Waals surface area contributed by atoms with Crippen LogP contribution in [0.25, 0.3) is 0 Å². The van der Waals surface area contributed by atoms with Crippen LogP contribution < -0.4 is 9.62 Å². The van der Waals surface area contributed by atoms with Gasteiger partial charge in [0.15, 0.2) is 0 Å². The van der Waals surface area contributed by atoms with Crippen LogP contribution in [-0.4, -0.2) is 33.3 Å². The smallest absolute Gasteiger partial charge is 0.240 e. The van der Waals surface area contributed by atoms with Crippen LogP contribution in [0.15, 0.2) is 23.1 Å². The van der Waals surface area contributed by atoms with Gasteiger partial charge in [-0.2, -0.15) is 0 Å². The number of nitrogens with one attached hydrogen (secondary N) is 1. The molecule has 1 heterocycles. The number of hydrogen-bond donors (Lipinski definition) is 1. The molecule has 7 heteroatoms. The summed E-state index contributed by atoms with van der Waals surface area (Å²) in [5.41, 5.74) is 1.67. The summed E-state index contributed by atoms with van der Waals surface area (Å²) in [7, 11) is -3.52. The lowest BCUT2D eigenvalue weighted by molar-refractivity contribution is -0.116. The Morgan fingerprint density at radius 3 is 2.84 bits per heavy atom. The average molecular weight is 303 g/mol. The highest BCUT2D eigenvalue weighted by Gasteiger charge is 2.24. The largest absolute Gasteiger partial charge is 0.312 e. The Bertz CT molecular complexity index is 601. The fourth-order valence-electron chi connectivity index (χ4n) is 2.13. The third kappa shape index (κ3) is 2.91. The number of benzene rings is 1. The molecule has 19 heavy (non-hydrogen) atoms. The van der Waals surface area contributed by atoms with E-state index in [9.17, 15) is 13.2 Å². The summed E-state index contributed by atoms with van der Waals surface area (Å²) in [5.74, 6) is 0.192. The molecule has 0 fully saturated rings. The first-order valence-corrected chi connectivity index (χ1v) is 7.94. The molecule has 0 atom stereocenters. The van der Waals surface area contributed by atoms with Crippen LogP contribution in [0.4, 0.5) is 5.69 Å². The fraction of sp³-hybridized carbons (Fsp3) is 0.417. The van der Waals surface area contributed by atoms with Gasteiger partial charge < -0.3 is 4.90 Å². The third-order valence-electron chi connectivity index (χ3n) is 3.02. The van der Waals surface area contributed by atoms with Gasteiger partial charge in [-0.05, 0) is 30.2 Å². The van der Waals surface area contributed by atoms with E-state index in [-0.39, 0.29) is 23.2 Å². The molecule has 1 aromatic rings. The van der Waals surface area contributed by atoms with Gasteiger partial charge >= 0.3 is 0 Å². The van der Waals surface area contributed by atoms with Crippen LogP contribution in [0.2, 0.25) is 0 Å². The quantitative estimate of drug-likeness (QED) is 0.847. The molecule has 1 amide bonds. The Morgan fingerprint density at radius 2 is 2.21 bits per heavy atom. The normalized spacial score (nSPS) is 14.5. The molecular weight excluding hydrogens is 288 g/mol. The van der Waals surface area contributed by atoms with Crippen molar-refractivity contribution in [3.05, 3.63) is 23.8 Å². The number of carbonyl (C=O) groups is 1. The monoisotopic (exact) mass is 302 g/mol. The molecule has 0 aromatic heterocycles. The van der Waals surface area contributed by atoms with Crippen molar-refractivity contribution in [2.45, 2.75) is 18.2 Å². The lowest BCUT2D eigenvalue weighted by Gasteiger charge is -2.15. The average Bonchev–Trinajstić information content (AvgIpc) is 2.79. The van der Waals surface area contributed by atoms with E-state index in [0.29, 0.717) is 13.0 Å². The number of carbonyl (C=O) groups excluding carboxylic acids is 1. The lowest BCUT2D eigenvalue weighted by atomic mass is 10.2. The van der Waals surface area contributed by atoms with Crippen molar-refractivity contribution >= 4 is 33.2 Å². The van der Waals surface area contributed by atoms with Crippen molar-refractivity contribution in [3.63, 3.8) is 0 Å². The number of alkyl halides is 1. The van der Waals surface area contributed by atoms with Crippen LogP contribution in [-0.2, 0) is 21.2 Å². The van der Waals surface area contributed by atoms with Gasteiger partial charge in [-0.3, -0.25) is 4.79 Å². The summed E-state index contributed by atoms with van der Waals surface area (Å²) in [6.45, 7) is 2.30. The van der Waals surface area contributed by atoms with Crippen LogP contribution in [0.1, 0.15) is 12.5 Å². The summed E-state index contributed by atoms with van der Waals surface area (Å²) in [5, 5.41) is 0. The molecule has 0 bridgehead atoms. The Balaban J connectivity index is 2.31. The minimum absolute atomic E-state index is 0.0328. The SMILES string of the molecule is CC(=O)N1CCc2cc(S(=O)(=O)NCCCl)ccc21. The number of amides is 1. The third-order valence-corrected chi connectivity index (χ3v) is 4.67. The van der Waals surface area contributed by atoms with E-state index in [1.165, 1.54) is 13.0 Å². The number of sulfonamides is 1. The molecule has 1 aliphatic heterocycles. The first-order chi connectivity index (χ1) is 8.95. The Labute approximate surface area is 117 Å². The highest BCUT2D eigenvalue weighted by atomic mass is 35.5. The standard InChI is InChI=1S/C12H15ClN2O3S/c1-9(16)15-7-4-10-8-11(2-3-12(10)15)19(17,18)14-6-5-13/h2-3,8,14H,4-7H2,1H3. The summed E-state index contributed by atoms with van der Waals surface area (Å²) >= 11 is 5.47. The van der Waals surface area contributed by atoms with E-state index < -0.39 is 10.0 Å². The predicted octanol–water partition coefficient (Wildman–Crippen LogP) is 1.11. The maximum absolute atomic E-state index is 12.0. The molecule has 0 aliphatic carbocycles. The van der Waals surface area contributed by atoms with Crippen LogP contribution in [0.3, 0.4) is 0 Å². The molecule has 0 saturated heterocycles. The Morgan fingerprint density at radius 1 is 1.47 bits per heavy atom. The van der Waals surface area contributed by atoms with Crippen molar-refractivity contribution < 1.29 is 13.2 Å². The zero-order valence-corrected chi connectivity index (χ0v) is 12.1. The zero-order valence-electron chi connectivity index (χ0n) is 10.5. The van der Waals surface area contributed by atoms with E-state index in [1.807, 2.05) is 0 Å². The molecule has 1 N–H and O–H groups in total. The highest BCUT2D eigenvalue weighted by Crippen LogP contribution is 2.30. The van der Waals surface area contributed by atoms with Crippen molar-refractivity contribution in [2.75, 3.05) is 23.9 Å². The molecular formula is C12H15ClN2O3S. The molecule has 5 nitrogen and oxygen atoms in total. The van der Waals surface area contributed by atoms with Gasteiger partial charge in [0.25, 0.3) is 0 Å². The van der Waals surface area contributed by atoms with Gasteiger partial charge in [0.2, 0.25) is 15.9 Å². The summed E-state index contributed by atoms with van der Waals surface area (Å²) in [4.78, 5) is 13.3. The zero-order chi connectivity index (χ0) is 14.0. The first kappa shape index (κ1) is 14.3. The second kappa shape index (κ2) is 5.48. The van der Waals surface area contributed by atoms with Gasteiger partial charge in [-0.15, -0.1) is 11.6 Å². The van der Waals surface area contributed by atoms with E-state index in [2.05, 4.69) is 4.72 Å². The van der Waals surface area contributed by atoms with Crippen LogP contribution >= 0.6 is 11.6 Å². The Kier molecular flexibility index (Phi) is 4.13. The molecule has 0 unspecified atom stereocenters. The highest BCUT2D eigenvalue weighted by molar-refractivity contribution is 7.89. The number of halogens is 1. The topological polar surface area (TPSA) is 66.5 Å². The molecule has 104 valence electrons. The van der Waals surface area contributed by atoms with E-state index in [1.54, 1.807) is 17.0 Å². The second-order valence-corrected chi connectivity index (χ2v) is 6.44. The molecule has 0 saturated carbocycles. The maximum atomic E-state index is 12.0. The maximum Gasteiger partial charge on any atom is 0.240 e. The van der Waals surface area contributed by atoms with Crippen LogP contribution in [0, 0.1) is 0 Å². The van der Waals surface area contributed by atoms with E-state index in [4.69, 9.17) is 11.6 Å². The molecule has 0 spiro atoms. The molecule has 1 aliphatic rings. The van der Waals surface area contributed by atoms with Gasteiger partial charge in [-0.25, -0.2) is 13.1 Å². The fourth-order valence-corrected chi connectivity index (χ4v) is 3.42. The van der Waals surface area contributed by atoms with E-state index >= 15 is 0 Å². The summed E-state index contributed by atoms with van der Waals surface area (Å²) in [6, 6.07) is 4.81. The van der Waals surface area contributed by atoms with Crippen molar-refractivity contribution in [2.24, 2.45) is 0 Å². The summed E-state index contributed by atoms with van der Waals surface area (Å²) < 4.78 is 26.3. The van der Waals surface area contributed by atoms with Crippen LogP contribution in [0.5, 0.6) is 0 Å². The number of hydrogen-bond acceptors (Lipinski definition) is 3. The van der Waals surface area contributed by atoms with Crippen molar-refractivity contribution in [3.8, 4) is 0 Å². The second-order valence-electron chi connectivity index (χ2n) is 4.30. The van der Waals surface area contributed by atoms with Crippen molar-refractivity contribution in [1.29, 1.82) is 0 Å². The van der Waals surface area contributed by atoms with Gasteiger partial charge in [0, 0.05) is 31.6 Å². The minimum Gasteiger partial charge on any atom is -0.312 e. The minimum atomic E-state index is -3.52. The lowest BCUT2D eigenvalue weighted by Crippen LogP contribution is -2.26. The van der Waals surface area contributed by atoms with Gasteiger partial charge in [0.1, 0.15) is 0 Å². The number of anilines is 1. The number of nitrogens with zero attached hydrogens (tertiary/aromatic N) is 1. The first-order valence-electron chi connectivity index (χ1n) is 5.92. The van der Waals surface area contributed by atoms with E-state index in [0.717, 1.165) is 11.3 Å². The molecule has 2 rings (SSSR count). The number of fused-ring (bicyclic) bond motifs is 1. The van der Waals surface area contributed by atoms with Gasteiger partial charge in [0.05, 0.1) is 4.90 Å².